The number of hydrogen-bond donors (Lipinski definition) is 1. The first-order chi connectivity index (χ1) is 14.9. The minimum atomic E-state index is 0.0443. The van der Waals surface area contributed by atoms with Gasteiger partial charge in [-0.3, -0.25) is 4.79 Å². The first-order valence-corrected chi connectivity index (χ1v) is 12.2. The molecule has 8 heteroatoms. The molecule has 2 atom stereocenters. The summed E-state index contributed by atoms with van der Waals surface area (Å²) in [7, 11) is 0. The Morgan fingerprint density at radius 1 is 1.23 bits per heavy atom. The van der Waals surface area contributed by atoms with Crippen LogP contribution < -0.4 is 5.32 Å². The van der Waals surface area contributed by atoms with Crippen molar-refractivity contribution in [3.63, 3.8) is 0 Å². The number of carbonyl (C=O) groups excluding carboxylic acids is 1. The van der Waals surface area contributed by atoms with E-state index in [2.05, 4.69) is 27.3 Å². The highest BCUT2D eigenvalue weighted by atomic mass is 35.5. The van der Waals surface area contributed by atoms with Crippen molar-refractivity contribution in [3.05, 3.63) is 51.8 Å². The molecule has 3 aromatic rings. The van der Waals surface area contributed by atoms with Crippen LogP contribution in [-0.2, 0) is 11.2 Å². The predicted octanol–water partition coefficient (Wildman–Crippen LogP) is 4.77. The molecule has 0 spiro atoms. The average molecular weight is 458 g/mol. The number of nitrogens with zero attached hydrogens (tertiary/aromatic N) is 4. The van der Waals surface area contributed by atoms with Crippen molar-refractivity contribution in [1.82, 2.24) is 24.9 Å². The van der Waals surface area contributed by atoms with Crippen molar-refractivity contribution in [3.8, 4) is 0 Å². The first-order valence-electron chi connectivity index (χ1n) is 10.8. The summed E-state index contributed by atoms with van der Waals surface area (Å²) in [5.41, 5.74) is 4.05. The van der Waals surface area contributed by atoms with E-state index >= 15 is 0 Å². The number of aromatic nitrogens is 4. The molecule has 6 nitrogen and oxygen atoms in total. The SMILES string of the molecule is Cc1nc2nc(SCC(=O)N[C@H]3CCCC[C@@H]3C)nn2c(C)c1Cc1ccccc1Cl. The molecule has 2 aromatic heterocycles. The first kappa shape index (κ1) is 22.1. The Morgan fingerprint density at radius 3 is 2.77 bits per heavy atom. The van der Waals surface area contributed by atoms with Crippen molar-refractivity contribution >= 4 is 35.0 Å². The Hall–Kier alpha value is -2.12. The monoisotopic (exact) mass is 457 g/mol. The van der Waals surface area contributed by atoms with Crippen LogP contribution >= 0.6 is 23.4 Å². The van der Waals surface area contributed by atoms with E-state index in [1.807, 2.05) is 38.1 Å². The summed E-state index contributed by atoms with van der Waals surface area (Å²) in [6, 6.07) is 8.13. The zero-order valence-electron chi connectivity index (χ0n) is 18.2. The maximum Gasteiger partial charge on any atom is 0.253 e. The van der Waals surface area contributed by atoms with Crippen molar-refractivity contribution < 1.29 is 4.79 Å². The Labute approximate surface area is 192 Å². The molecule has 1 N–H and O–H groups in total. The van der Waals surface area contributed by atoms with Crippen molar-refractivity contribution in [2.24, 2.45) is 5.92 Å². The van der Waals surface area contributed by atoms with Crippen LogP contribution in [-0.4, -0.2) is 37.3 Å². The summed E-state index contributed by atoms with van der Waals surface area (Å²) in [4.78, 5) is 21.6. The third kappa shape index (κ3) is 5.04. The van der Waals surface area contributed by atoms with E-state index in [9.17, 15) is 4.79 Å². The molecular weight excluding hydrogens is 430 g/mol. The van der Waals surface area contributed by atoms with Crippen LogP contribution in [0.5, 0.6) is 0 Å². The standard InChI is InChI=1S/C23H28ClN5OS/c1-14-8-4-7-11-20(14)26-21(30)13-31-23-27-22-25-15(2)18(16(3)29(22)28-23)12-17-9-5-6-10-19(17)24/h5-6,9-10,14,20H,4,7-8,11-13H2,1-3H3,(H,26,30)/t14-,20-/m0/s1. The van der Waals surface area contributed by atoms with Gasteiger partial charge in [-0.25, -0.2) is 9.50 Å². The highest BCUT2D eigenvalue weighted by Gasteiger charge is 2.23. The fourth-order valence-electron chi connectivity index (χ4n) is 4.25. The van der Waals surface area contributed by atoms with E-state index in [0.29, 0.717) is 29.0 Å². The lowest BCUT2D eigenvalue weighted by atomic mass is 9.86. The van der Waals surface area contributed by atoms with Crippen molar-refractivity contribution in [1.29, 1.82) is 0 Å². The normalized spacial score (nSPS) is 19.0. The van der Waals surface area contributed by atoms with E-state index in [-0.39, 0.29) is 11.9 Å². The Bertz CT molecular complexity index is 1100. The van der Waals surface area contributed by atoms with Gasteiger partial charge in [0, 0.05) is 28.9 Å². The molecule has 1 aliphatic rings. The zero-order chi connectivity index (χ0) is 22.0. The number of hydrogen-bond acceptors (Lipinski definition) is 5. The molecule has 4 rings (SSSR count). The Balaban J connectivity index is 1.47. The summed E-state index contributed by atoms with van der Waals surface area (Å²) >= 11 is 7.71. The second-order valence-corrected chi connectivity index (χ2v) is 9.71. The maximum absolute atomic E-state index is 12.4. The van der Waals surface area contributed by atoms with Crippen LogP contribution in [0.15, 0.2) is 29.4 Å². The van der Waals surface area contributed by atoms with Crippen LogP contribution in [0.2, 0.25) is 5.02 Å². The van der Waals surface area contributed by atoms with Gasteiger partial charge in [0.1, 0.15) is 0 Å². The third-order valence-corrected chi connectivity index (χ3v) is 7.35. The lowest BCUT2D eigenvalue weighted by Crippen LogP contribution is -2.41. The molecule has 1 fully saturated rings. The molecule has 0 saturated heterocycles. The quantitative estimate of drug-likeness (QED) is 0.539. The second-order valence-electron chi connectivity index (χ2n) is 8.36. The highest BCUT2D eigenvalue weighted by Crippen LogP contribution is 2.25. The van der Waals surface area contributed by atoms with Crippen LogP contribution in [0.4, 0.5) is 0 Å². The fourth-order valence-corrected chi connectivity index (χ4v) is 5.08. The van der Waals surface area contributed by atoms with E-state index in [1.54, 1.807) is 4.52 Å². The zero-order valence-corrected chi connectivity index (χ0v) is 19.8. The molecule has 1 aliphatic carbocycles. The molecule has 0 aliphatic heterocycles. The lowest BCUT2D eigenvalue weighted by molar-refractivity contribution is -0.119. The summed E-state index contributed by atoms with van der Waals surface area (Å²) in [5.74, 6) is 1.46. The topological polar surface area (TPSA) is 72.2 Å². The summed E-state index contributed by atoms with van der Waals surface area (Å²) in [5, 5.41) is 9.10. The van der Waals surface area contributed by atoms with Gasteiger partial charge in [-0.05, 0) is 49.8 Å². The van der Waals surface area contributed by atoms with Gasteiger partial charge < -0.3 is 5.32 Å². The van der Waals surface area contributed by atoms with Gasteiger partial charge in [0.05, 0.1) is 5.75 Å². The molecule has 0 bridgehead atoms. The minimum Gasteiger partial charge on any atom is -0.352 e. The number of carbonyl (C=O) groups is 1. The lowest BCUT2D eigenvalue weighted by Gasteiger charge is -2.29. The van der Waals surface area contributed by atoms with Crippen LogP contribution in [0.25, 0.3) is 5.78 Å². The summed E-state index contributed by atoms with van der Waals surface area (Å²) in [6.45, 7) is 6.23. The molecule has 1 aromatic carbocycles. The van der Waals surface area contributed by atoms with Crippen molar-refractivity contribution in [2.75, 3.05) is 5.75 Å². The van der Waals surface area contributed by atoms with E-state index in [4.69, 9.17) is 11.6 Å². The number of benzene rings is 1. The molecule has 164 valence electrons. The van der Waals surface area contributed by atoms with Crippen LogP contribution in [0, 0.1) is 19.8 Å². The number of amides is 1. The smallest absolute Gasteiger partial charge is 0.253 e. The predicted molar refractivity (Wildman–Crippen MR) is 125 cm³/mol. The number of halogens is 1. The van der Waals surface area contributed by atoms with Gasteiger partial charge in [0.2, 0.25) is 11.1 Å². The van der Waals surface area contributed by atoms with Crippen LogP contribution in [0.3, 0.4) is 0 Å². The van der Waals surface area contributed by atoms with Gasteiger partial charge in [-0.1, -0.05) is 61.3 Å². The Kier molecular flexibility index (Phi) is 6.82. The molecule has 0 radical (unpaired) electrons. The second kappa shape index (κ2) is 9.57. The van der Waals surface area contributed by atoms with Crippen LogP contribution in [0.1, 0.15) is 55.1 Å². The number of thioether (sulfide) groups is 1. The largest absolute Gasteiger partial charge is 0.352 e. The van der Waals surface area contributed by atoms with E-state index in [1.165, 1.54) is 31.0 Å². The van der Waals surface area contributed by atoms with Crippen molar-refractivity contribution in [2.45, 2.75) is 64.1 Å². The maximum atomic E-state index is 12.4. The number of fused-ring (bicyclic) bond motifs is 1. The van der Waals surface area contributed by atoms with Gasteiger partial charge in [-0.2, -0.15) is 4.98 Å². The number of rotatable bonds is 6. The molecule has 1 saturated carbocycles. The minimum absolute atomic E-state index is 0.0443. The van der Waals surface area contributed by atoms with E-state index in [0.717, 1.165) is 34.0 Å². The van der Waals surface area contributed by atoms with Gasteiger partial charge in [-0.15, -0.1) is 5.10 Å². The van der Waals surface area contributed by atoms with E-state index < -0.39 is 0 Å². The summed E-state index contributed by atoms with van der Waals surface area (Å²) in [6.07, 6.45) is 5.40. The Morgan fingerprint density at radius 2 is 2.00 bits per heavy atom. The van der Waals surface area contributed by atoms with Gasteiger partial charge >= 0.3 is 0 Å². The molecule has 2 heterocycles. The number of aryl methyl sites for hydroxylation is 2. The van der Waals surface area contributed by atoms with Gasteiger partial charge in [0.15, 0.2) is 0 Å². The molecule has 0 unspecified atom stereocenters. The molecular formula is C23H28ClN5OS. The highest BCUT2D eigenvalue weighted by molar-refractivity contribution is 7.99. The summed E-state index contributed by atoms with van der Waals surface area (Å²) < 4.78 is 1.77. The number of nitrogens with one attached hydrogen (secondary N) is 1. The van der Waals surface area contributed by atoms with Gasteiger partial charge in [0.25, 0.3) is 5.78 Å². The molecule has 31 heavy (non-hydrogen) atoms. The average Bonchev–Trinajstić information content (AvgIpc) is 3.15. The molecule has 1 amide bonds. The third-order valence-electron chi connectivity index (χ3n) is 6.14. The fraction of sp³-hybridized carbons (Fsp3) is 0.478.